The average molecular weight is 555 g/mol. The van der Waals surface area contributed by atoms with Gasteiger partial charge in [-0.1, -0.05) is 64.8 Å². The summed E-state index contributed by atoms with van der Waals surface area (Å²) < 4.78 is 5.79. The summed E-state index contributed by atoms with van der Waals surface area (Å²) in [6.45, 7) is 10.5. The predicted octanol–water partition coefficient (Wildman–Crippen LogP) is 7.14. The van der Waals surface area contributed by atoms with Crippen LogP contribution in [0.15, 0.2) is 78.4 Å². The summed E-state index contributed by atoms with van der Waals surface area (Å²) in [5.41, 5.74) is 3.19. The summed E-state index contributed by atoms with van der Waals surface area (Å²) in [6, 6.07) is 20.5. The van der Waals surface area contributed by atoms with Gasteiger partial charge in [0.05, 0.1) is 18.2 Å². The van der Waals surface area contributed by atoms with E-state index in [-0.39, 0.29) is 22.7 Å². The number of nitrogens with zero attached hydrogens (tertiary/aromatic N) is 1. The number of aliphatic hydroxyl groups is 1. The molecular weight excluding hydrogens is 516 g/mol. The van der Waals surface area contributed by atoms with E-state index in [1.165, 1.54) is 11.8 Å². The number of carbonyl (C=O) groups is 3. The molecule has 7 heteroatoms. The van der Waals surface area contributed by atoms with Crippen molar-refractivity contribution >= 4 is 34.7 Å². The predicted molar refractivity (Wildman–Crippen MR) is 162 cm³/mol. The minimum absolute atomic E-state index is 0.0149. The number of benzene rings is 3. The summed E-state index contributed by atoms with van der Waals surface area (Å²) in [5, 5.41) is 14.2. The second-order valence-corrected chi connectivity index (χ2v) is 11.3. The highest BCUT2D eigenvalue weighted by Crippen LogP contribution is 2.43. The normalized spacial score (nSPS) is 16.6. The molecule has 1 aliphatic rings. The van der Waals surface area contributed by atoms with Gasteiger partial charge in [0.1, 0.15) is 11.5 Å². The SMILES string of the molecule is CCCCCOc1ccc(/C(O)=C2/C(=O)C(=O)N(c3ccc(NC(C)=O)cc3)C2c2ccc(C(C)(C)C)cc2)cc1. The summed E-state index contributed by atoms with van der Waals surface area (Å²) in [6.07, 6.45) is 3.15. The molecule has 2 amide bonds. The van der Waals surface area contributed by atoms with Crippen molar-refractivity contribution in [2.75, 3.05) is 16.8 Å². The van der Waals surface area contributed by atoms with Crippen LogP contribution in [0.25, 0.3) is 5.76 Å². The first-order chi connectivity index (χ1) is 19.5. The molecule has 3 aromatic rings. The summed E-state index contributed by atoms with van der Waals surface area (Å²) in [5.74, 6) is -1.29. The van der Waals surface area contributed by atoms with Gasteiger partial charge in [0, 0.05) is 23.9 Å². The topological polar surface area (TPSA) is 95.9 Å². The van der Waals surface area contributed by atoms with Crippen LogP contribution in [0.4, 0.5) is 11.4 Å². The molecule has 0 aromatic heterocycles. The molecule has 1 saturated heterocycles. The van der Waals surface area contributed by atoms with Crippen molar-refractivity contribution in [1.29, 1.82) is 0 Å². The van der Waals surface area contributed by atoms with Crippen LogP contribution < -0.4 is 15.0 Å². The van der Waals surface area contributed by atoms with Crippen LogP contribution in [0, 0.1) is 0 Å². The zero-order chi connectivity index (χ0) is 29.7. The summed E-state index contributed by atoms with van der Waals surface area (Å²) in [4.78, 5) is 39.9. The Bertz CT molecular complexity index is 1430. The molecule has 214 valence electrons. The number of amides is 2. The van der Waals surface area contributed by atoms with E-state index in [0.717, 1.165) is 24.8 Å². The Morgan fingerprint density at radius 2 is 1.56 bits per heavy atom. The maximum atomic E-state index is 13.5. The van der Waals surface area contributed by atoms with Gasteiger partial charge in [-0.25, -0.2) is 0 Å². The molecule has 0 spiro atoms. The first-order valence-corrected chi connectivity index (χ1v) is 14.0. The van der Waals surface area contributed by atoms with Gasteiger partial charge in [0.25, 0.3) is 11.7 Å². The largest absolute Gasteiger partial charge is 0.507 e. The smallest absolute Gasteiger partial charge is 0.300 e. The van der Waals surface area contributed by atoms with Crippen LogP contribution in [0.3, 0.4) is 0 Å². The van der Waals surface area contributed by atoms with Gasteiger partial charge in [-0.05, 0) is 71.5 Å². The highest BCUT2D eigenvalue weighted by atomic mass is 16.5. The van der Waals surface area contributed by atoms with Gasteiger partial charge in [0.2, 0.25) is 5.91 Å². The van der Waals surface area contributed by atoms with E-state index in [1.54, 1.807) is 48.5 Å². The first-order valence-electron chi connectivity index (χ1n) is 14.0. The van der Waals surface area contributed by atoms with Crippen LogP contribution in [0.2, 0.25) is 0 Å². The Hall–Kier alpha value is -4.39. The summed E-state index contributed by atoms with van der Waals surface area (Å²) in [7, 11) is 0. The molecule has 1 heterocycles. The van der Waals surface area contributed by atoms with Gasteiger partial charge in [0.15, 0.2) is 0 Å². The second-order valence-electron chi connectivity index (χ2n) is 11.3. The maximum Gasteiger partial charge on any atom is 0.300 e. The van der Waals surface area contributed by atoms with E-state index < -0.39 is 17.7 Å². The molecule has 0 bridgehead atoms. The third kappa shape index (κ3) is 6.68. The second kappa shape index (κ2) is 12.4. The number of hydrogen-bond donors (Lipinski definition) is 2. The molecule has 3 aromatic carbocycles. The van der Waals surface area contributed by atoms with E-state index in [1.807, 2.05) is 24.3 Å². The lowest BCUT2D eigenvalue weighted by atomic mass is 9.85. The maximum absolute atomic E-state index is 13.5. The molecule has 1 atom stereocenters. The third-order valence-corrected chi connectivity index (χ3v) is 7.15. The lowest BCUT2D eigenvalue weighted by Crippen LogP contribution is -2.29. The Kier molecular flexibility index (Phi) is 8.96. The quantitative estimate of drug-likeness (QED) is 0.127. The number of nitrogens with one attached hydrogen (secondary N) is 1. The van der Waals surface area contributed by atoms with Crippen LogP contribution in [0.1, 0.15) is 76.6 Å². The number of unbranched alkanes of at least 4 members (excludes halogenated alkanes) is 2. The fourth-order valence-electron chi connectivity index (χ4n) is 4.89. The monoisotopic (exact) mass is 554 g/mol. The lowest BCUT2D eigenvalue weighted by molar-refractivity contribution is -0.132. The number of ketones is 1. The standard InChI is InChI=1S/C34H38N2O5/c1-6-7-8-21-41-28-19-11-24(12-20-28)31(38)29-30(23-9-13-25(14-10-23)34(3,4)5)36(33(40)32(29)39)27-17-15-26(16-18-27)35-22(2)37/h9-20,30,38H,6-8,21H2,1-5H3,(H,35,37)/b31-29-. The van der Waals surface area contributed by atoms with Crippen molar-refractivity contribution in [3.8, 4) is 5.75 Å². The number of aliphatic hydroxyl groups excluding tert-OH is 1. The Labute approximate surface area is 241 Å². The first kappa shape index (κ1) is 29.6. The molecule has 0 saturated carbocycles. The molecule has 0 aliphatic carbocycles. The molecule has 1 fully saturated rings. The molecule has 7 nitrogen and oxygen atoms in total. The van der Waals surface area contributed by atoms with Crippen molar-refractivity contribution in [3.63, 3.8) is 0 Å². The minimum Gasteiger partial charge on any atom is -0.507 e. The van der Waals surface area contributed by atoms with Crippen LogP contribution in [-0.4, -0.2) is 29.3 Å². The van der Waals surface area contributed by atoms with Gasteiger partial charge >= 0.3 is 0 Å². The van der Waals surface area contributed by atoms with Crippen molar-refractivity contribution in [2.24, 2.45) is 0 Å². The van der Waals surface area contributed by atoms with Gasteiger partial charge in [-0.15, -0.1) is 0 Å². The highest BCUT2D eigenvalue weighted by Gasteiger charge is 2.47. The number of rotatable bonds is 9. The number of ether oxygens (including phenoxy) is 1. The van der Waals surface area contributed by atoms with Crippen LogP contribution >= 0.6 is 0 Å². The molecule has 0 radical (unpaired) electrons. The van der Waals surface area contributed by atoms with Crippen LogP contribution in [0.5, 0.6) is 5.75 Å². The van der Waals surface area contributed by atoms with Gasteiger partial charge < -0.3 is 15.2 Å². The number of anilines is 2. The number of Topliss-reactive ketones (excluding diaryl/α,β-unsaturated/α-hetero) is 1. The van der Waals surface area contributed by atoms with Crippen molar-refractivity contribution < 1.29 is 24.2 Å². The van der Waals surface area contributed by atoms with Gasteiger partial charge in [-0.2, -0.15) is 0 Å². The Balaban J connectivity index is 1.76. The fraction of sp³-hybridized carbons (Fsp3) is 0.324. The molecule has 4 rings (SSSR count). The van der Waals surface area contributed by atoms with Gasteiger partial charge in [-0.3, -0.25) is 19.3 Å². The zero-order valence-electron chi connectivity index (χ0n) is 24.4. The summed E-state index contributed by atoms with van der Waals surface area (Å²) >= 11 is 0. The lowest BCUT2D eigenvalue weighted by Gasteiger charge is -2.27. The van der Waals surface area contributed by atoms with Crippen molar-refractivity contribution in [1.82, 2.24) is 0 Å². The zero-order valence-corrected chi connectivity index (χ0v) is 24.4. The van der Waals surface area contributed by atoms with Crippen molar-refractivity contribution in [3.05, 3.63) is 95.1 Å². The van der Waals surface area contributed by atoms with E-state index in [9.17, 15) is 19.5 Å². The highest BCUT2D eigenvalue weighted by molar-refractivity contribution is 6.51. The van der Waals surface area contributed by atoms with Crippen molar-refractivity contribution in [2.45, 2.75) is 65.3 Å². The number of carbonyl (C=O) groups excluding carboxylic acids is 3. The average Bonchev–Trinajstić information content (AvgIpc) is 3.21. The van der Waals surface area contributed by atoms with E-state index >= 15 is 0 Å². The molecular formula is C34H38N2O5. The van der Waals surface area contributed by atoms with E-state index in [2.05, 4.69) is 33.0 Å². The minimum atomic E-state index is -0.847. The van der Waals surface area contributed by atoms with Crippen LogP contribution in [-0.2, 0) is 19.8 Å². The fourth-order valence-corrected chi connectivity index (χ4v) is 4.89. The Morgan fingerprint density at radius 1 is 0.927 bits per heavy atom. The molecule has 1 unspecified atom stereocenters. The van der Waals surface area contributed by atoms with E-state index in [4.69, 9.17) is 4.74 Å². The number of hydrogen-bond acceptors (Lipinski definition) is 5. The third-order valence-electron chi connectivity index (χ3n) is 7.15. The molecule has 2 N–H and O–H groups in total. The Morgan fingerprint density at radius 3 is 2.12 bits per heavy atom. The molecule has 1 aliphatic heterocycles. The molecule has 41 heavy (non-hydrogen) atoms. The van der Waals surface area contributed by atoms with E-state index in [0.29, 0.717) is 34.9 Å².